The first-order chi connectivity index (χ1) is 13.0. The second kappa shape index (κ2) is 8.33. The van der Waals surface area contributed by atoms with Crippen LogP contribution in [0.3, 0.4) is 0 Å². The number of ether oxygens (including phenoxy) is 2. The molecule has 7 nitrogen and oxygen atoms in total. The first kappa shape index (κ1) is 19.1. The first-order valence-electron chi connectivity index (χ1n) is 9.30. The molecule has 27 heavy (non-hydrogen) atoms. The van der Waals surface area contributed by atoms with Crippen LogP contribution < -0.4 is 14.8 Å². The maximum atomic E-state index is 5.44. The number of fused-ring (bicyclic) bond motifs is 1. The van der Waals surface area contributed by atoms with Gasteiger partial charge in [-0.3, -0.25) is 9.67 Å². The minimum atomic E-state index is 0.307. The minimum Gasteiger partial charge on any atom is -0.454 e. The van der Waals surface area contributed by atoms with E-state index < -0.39 is 0 Å². The molecule has 0 aliphatic carbocycles. The Morgan fingerprint density at radius 3 is 2.85 bits per heavy atom. The Kier molecular flexibility index (Phi) is 5.88. The maximum absolute atomic E-state index is 5.44. The van der Waals surface area contributed by atoms with E-state index >= 15 is 0 Å². The van der Waals surface area contributed by atoms with Gasteiger partial charge >= 0.3 is 0 Å². The number of aliphatic imine (C=N–C) groups is 1. The highest BCUT2D eigenvalue weighted by Gasteiger charge is 2.16. The molecule has 7 heteroatoms. The molecule has 2 aromatic rings. The zero-order chi connectivity index (χ0) is 19.4. The number of aromatic nitrogens is 2. The van der Waals surface area contributed by atoms with Crippen LogP contribution >= 0.6 is 0 Å². The van der Waals surface area contributed by atoms with Crippen LogP contribution in [0.15, 0.2) is 29.4 Å². The molecule has 0 bridgehead atoms. The third-order valence-electron chi connectivity index (χ3n) is 4.60. The van der Waals surface area contributed by atoms with E-state index in [1.807, 2.05) is 38.0 Å². The predicted molar refractivity (Wildman–Crippen MR) is 106 cm³/mol. The normalized spacial score (nSPS) is 13.3. The van der Waals surface area contributed by atoms with Gasteiger partial charge in [0.05, 0.1) is 5.69 Å². The highest BCUT2D eigenvalue weighted by atomic mass is 16.7. The van der Waals surface area contributed by atoms with E-state index in [0.29, 0.717) is 12.7 Å². The Bertz CT molecular complexity index is 813. The standard InChI is InChI=1S/C20H29N5O2/c1-14(2)19-16(12-25(5)23-19)11-24(4)20(21-3)22-9-8-15-6-7-17-18(10-15)27-13-26-17/h6-7,10,12,14H,8-9,11,13H2,1-5H3,(H,21,22). The molecule has 1 aliphatic heterocycles. The van der Waals surface area contributed by atoms with Gasteiger partial charge in [0.1, 0.15) is 0 Å². The molecule has 3 rings (SSSR count). The molecule has 1 N–H and O–H groups in total. The summed E-state index contributed by atoms with van der Waals surface area (Å²) in [7, 11) is 5.83. The summed E-state index contributed by atoms with van der Waals surface area (Å²) < 4.78 is 12.7. The Labute approximate surface area is 161 Å². The van der Waals surface area contributed by atoms with Crippen LogP contribution in [0.1, 0.15) is 36.6 Å². The Morgan fingerprint density at radius 2 is 2.11 bits per heavy atom. The smallest absolute Gasteiger partial charge is 0.231 e. The van der Waals surface area contributed by atoms with E-state index in [4.69, 9.17) is 9.47 Å². The average Bonchev–Trinajstić information content (AvgIpc) is 3.24. The lowest BCUT2D eigenvalue weighted by atomic mass is 10.1. The van der Waals surface area contributed by atoms with Crippen molar-refractivity contribution in [2.45, 2.75) is 32.7 Å². The molecule has 1 aromatic heterocycles. The van der Waals surface area contributed by atoms with Crippen molar-refractivity contribution in [2.75, 3.05) is 27.4 Å². The van der Waals surface area contributed by atoms with Crippen LogP contribution in [0.25, 0.3) is 0 Å². The number of nitrogens with one attached hydrogen (secondary N) is 1. The van der Waals surface area contributed by atoms with Crippen molar-refractivity contribution in [3.05, 3.63) is 41.2 Å². The summed E-state index contributed by atoms with van der Waals surface area (Å²) in [5, 5.41) is 8.02. The van der Waals surface area contributed by atoms with Gasteiger partial charge in [0.2, 0.25) is 6.79 Å². The van der Waals surface area contributed by atoms with Gasteiger partial charge in [-0.1, -0.05) is 19.9 Å². The Hall–Kier alpha value is -2.70. The number of hydrogen-bond acceptors (Lipinski definition) is 4. The fourth-order valence-electron chi connectivity index (χ4n) is 3.29. The first-order valence-corrected chi connectivity index (χ1v) is 9.30. The van der Waals surface area contributed by atoms with E-state index in [1.165, 1.54) is 11.1 Å². The highest BCUT2D eigenvalue weighted by Crippen LogP contribution is 2.32. The van der Waals surface area contributed by atoms with Crippen LogP contribution in [-0.4, -0.2) is 48.1 Å². The summed E-state index contributed by atoms with van der Waals surface area (Å²) in [6, 6.07) is 6.09. The Morgan fingerprint density at radius 1 is 1.33 bits per heavy atom. The van der Waals surface area contributed by atoms with Crippen LogP contribution in [-0.2, 0) is 20.0 Å². The molecule has 1 aliphatic rings. The lowest BCUT2D eigenvalue weighted by molar-refractivity contribution is 0.174. The van der Waals surface area contributed by atoms with E-state index in [9.17, 15) is 0 Å². The van der Waals surface area contributed by atoms with Crippen LogP contribution in [0, 0.1) is 0 Å². The van der Waals surface area contributed by atoms with Gasteiger partial charge in [-0.15, -0.1) is 0 Å². The molecular formula is C20H29N5O2. The van der Waals surface area contributed by atoms with Crippen molar-refractivity contribution in [1.82, 2.24) is 20.0 Å². The number of guanidine groups is 1. The predicted octanol–water partition coefficient (Wildman–Crippen LogP) is 2.52. The number of nitrogens with zero attached hydrogens (tertiary/aromatic N) is 4. The minimum absolute atomic E-state index is 0.307. The summed E-state index contributed by atoms with van der Waals surface area (Å²) >= 11 is 0. The quantitative estimate of drug-likeness (QED) is 0.624. The van der Waals surface area contributed by atoms with Gasteiger partial charge in [0.15, 0.2) is 17.5 Å². The number of benzene rings is 1. The molecule has 0 atom stereocenters. The SMILES string of the molecule is CN=C(NCCc1ccc2c(c1)OCO2)N(C)Cc1cn(C)nc1C(C)C. The molecule has 0 unspecified atom stereocenters. The van der Waals surface area contributed by atoms with Crippen LogP contribution in [0.5, 0.6) is 11.5 Å². The van der Waals surface area contributed by atoms with Crippen molar-refractivity contribution < 1.29 is 9.47 Å². The van der Waals surface area contributed by atoms with Gasteiger partial charge in [0, 0.05) is 46.0 Å². The second-order valence-corrected chi connectivity index (χ2v) is 7.14. The van der Waals surface area contributed by atoms with Crippen LogP contribution in [0.4, 0.5) is 0 Å². The zero-order valence-corrected chi connectivity index (χ0v) is 16.8. The maximum Gasteiger partial charge on any atom is 0.231 e. The lowest BCUT2D eigenvalue weighted by Crippen LogP contribution is -2.39. The van der Waals surface area contributed by atoms with Crippen LogP contribution in [0.2, 0.25) is 0 Å². The molecular weight excluding hydrogens is 342 g/mol. The van der Waals surface area contributed by atoms with E-state index in [2.05, 4.69) is 46.4 Å². The zero-order valence-electron chi connectivity index (χ0n) is 16.8. The van der Waals surface area contributed by atoms with Gasteiger partial charge in [-0.2, -0.15) is 5.10 Å². The van der Waals surface area contributed by atoms with E-state index in [0.717, 1.165) is 42.7 Å². The van der Waals surface area contributed by atoms with Gasteiger partial charge in [0.25, 0.3) is 0 Å². The lowest BCUT2D eigenvalue weighted by Gasteiger charge is -2.22. The molecule has 0 radical (unpaired) electrons. The van der Waals surface area contributed by atoms with E-state index in [-0.39, 0.29) is 0 Å². The summed E-state index contributed by atoms with van der Waals surface area (Å²) in [4.78, 5) is 6.54. The van der Waals surface area contributed by atoms with Gasteiger partial charge in [-0.05, 0) is 30.0 Å². The average molecular weight is 371 g/mol. The van der Waals surface area contributed by atoms with Crippen molar-refractivity contribution in [3.8, 4) is 11.5 Å². The Balaban J connectivity index is 1.56. The molecule has 0 saturated heterocycles. The molecule has 0 fully saturated rings. The molecule has 0 saturated carbocycles. The summed E-state index contributed by atoms with van der Waals surface area (Å²) in [6.45, 7) is 6.21. The summed E-state index contributed by atoms with van der Waals surface area (Å²) in [6.07, 6.45) is 2.97. The molecule has 1 aromatic carbocycles. The molecule has 0 amide bonds. The van der Waals surface area contributed by atoms with Crippen molar-refractivity contribution in [1.29, 1.82) is 0 Å². The third kappa shape index (κ3) is 4.53. The van der Waals surface area contributed by atoms with Gasteiger partial charge in [-0.25, -0.2) is 0 Å². The monoisotopic (exact) mass is 371 g/mol. The summed E-state index contributed by atoms with van der Waals surface area (Å²) in [5.41, 5.74) is 3.58. The largest absolute Gasteiger partial charge is 0.454 e. The van der Waals surface area contributed by atoms with E-state index in [1.54, 1.807) is 0 Å². The number of hydrogen-bond donors (Lipinski definition) is 1. The molecule has 146 valence electrons. The molecule has 0 spiro atoms. The van der Waals surface area contributed by atoms with Crippen molar-refractivity contribution >= 4 is 5.96 Å². The van der Waals surface area contributed by atoms with Crippen molar-refractivity contribution in [2.24, 2.45) is 12.0 Å². The second-order valence-electron chi connectivity index (χ2n) is 7.14. The number of rotatable bonds is 6. The third-order valence-corrected chi connectivity index (χ3v) is 4.60. The van der Waals surface area contributed by atoms with Crippen molar-refractivity contribution in [3.63, 3.8) is 0 Å². The van der Waals surface area contributed by atoms with Gasteiger partial charge < -0.3 is 19.7 Å². The highest BCUT2D eigenvalue weighted by molar-refractivity contribution is 5.79. The fraction of sp³-hybridized carbons (Fsp3) is 0.500. The fourth-order valence-corrected chi connectivity index (χ4v) is 3.29. The summed E-state index contributed by atoms with van der Waals surface area (Å²) in [5.74, 6) is 2.91. The number of aryl methyl sites for hydroxylation is 1. The molecule has 2 heterocycles. The topological polar surface area (TPSA) is 63.9 Å².